The number of aromatic nitrogens is 4. The lowest BCUT2D eigenvalue weighted by molar-refractivity contribution is -0.0379. The summed E-state index contributed by atoms with van der Waals surface area (Å²) in [5, 5.41) is 9.49. The number of fused-ring (bicyclic) bond motifs is 5. The molecule has 0 aliphatic carbocycles. The van der Waals surface area contributed by atoms with Crippen molar-refractivity contribution in [2.45, 2.75) is 37.6 Å². The van der Waals surface area contributed by atoms with Gasteiger partial charge in [-0.2, -0.15) is 0 Å². The van der Waals surface area contributed by atoms with Crippen molar-refractivity contribution in [1.82, 2.24) is 19.2 Å². The van der Waals surface area contributed by atoms with Crippen molar-refractivity contribution in [3.05, 3.63) is 91.0 Å². The number of rotatable bonds is 5. The highest BCUT2D eigenvalue weighted by Gasteiger charge is 2.33. The van der Waals surface area contributed by atoms with E-state index in [1.54, 1.807) is 40.8 Å². The van der Waals surface area contributed by atoms with Crippen molar-refractivity contribution in [3.63, 3.8) is 0 Å². The van der Waals surface area contributed by atoms with Crippen LogP contribution in [0.2, 0.25) is 0 Å². The zero-order valence-corrected chi connectivity index (χ0v) is 23.7. The minimum absolute atomic E-state index is 0.0650. The monoisotopic (exact) mass is 608 g/mol. The summed E-state index contributed by atoms with van der Waals surface area (Å²) in [6.45, 7) is 4.35. The summed E-state index contributed by atoms with van der Waals surface area (Å²) in [6, 6.07) is 15.8. The van der Waals surface area contributed by atoms with Gasteiger partial charge in [0.1, 0.15) is 4.83 Å². The Morgan fingerprint density at radius 2 is 1.82 bits per heavy atom. The van der Waals surface area contributed by atoms with Crippen molar-refractivity contribution in [1.29, 1.82) is 0 Å². The molecule has 11 heteroatoms. The van der Waals surface area contributed by atoms with Crippen LogP contribution in [0.5, 0.6) is 0 Å². The highest BCUT2D eigenvalue weighted by atomic mass is 79.9. The smallest absolute Gasteiger partial charge is 0.271 e. The van der Waals surface area contributed by atoms with E-state index in [0.29, 0.717) is 39.5 Å². The molecule has 8 nitrogen and oxygen atoms in total. The van der Waals surface area contributed by atoms with Crippen LogP contribution < -0.4 is 5.56 Å². The van der Waals surface area contributed by atoms with Crippen LogP contribution >= 0.6 is 39.0 Å². The van der Waals surface area contributed by atoms with Gasteiger partial charge in [-0.1, -0.05) is 58.0 Å². The van der Waals surface area contributed by atoms with Crippen LogP contribution in [0.15, 0.2) is 69.0 Å². The number of ether oxygens (including phenoxy) is 1. The second-order valence-electron chi connectivity index (χ2n) is 9.56. The van der Waals surface area contributed by atoms with Crippen molar-refractivity contribution < 1.29 is 14.3 Å². The Labute approximate surface area is 233 Å². The summed E-state index contributed by atoms with van der Waals surface area (Å²) >= 11 is 6.05. The van der Waals surface area contributed by atoms with Gasteiger partial charge in [0.15, 0.2) is 10.9 Å². The number of benzene rings is 2. The molecule has 6 rings (SSSR count). The third kappa shape index (κ3) is 4.33. The Morgan fingerprint density at radius 3 is 2.55 bits per heavy atom. The molecule has 2 aromatic carbocycles. The van der Waals surface area contributed by atoms with E-state index in [1.807, 2.05) is 32.0 Å². The highest BCUT2D eigenvalue weighted by molar-refractivity contribution is 9.10. The molecule has 1 aliphatic heterocycles. The van der Waals surface area contributed by atoms with Gasteiger partial charge in [-0.25, -0.2) is 8.97 Å². The Morgan fingerprint density at radius 1 is 1.08 bits per heavy atom. The van der Waals surface area contributed by atoms with Crippen molar-refractivity contribution in [3.8, 4) is 0 Å². The van der Waals surface area contributed by atoms with Crippen molar-refractivity contribution >= 4 is 66.7 Å². The normalized spacial score (nSPS) is 14.6. The van der Waals surface area contributed by atoms with Crippen LogP contribution in [-0.4, -0.2) is 42.2 Å². The summed E-state index contributed by atoms with van der Waals surface area (Å²) in [5.41, 5.74) is 0.969. The first-order chi connectivity index (χ1) is 18.2. The van der Waals surface area contributed by atoms with Gasteiger partial charge in [0.2, 0.25) is 5.78 Å². The third-order valence-electron chi connectivity index (χ3n) is 6.43. The summed E-state index contributed by atoms with van der Waals surface area (Å²) in [5.74, 6) is -0.307. The molecule has 0 spiro atoms. The number of nitrogens with zero attached hydrogens (tertiary/aromatic N) is 4. The number of ketones is 1. The second-order valence-corrected chi connectivity index (χ2v) is 12.5. The van der Waals surface area contributed by atoms with Crippen LogP contribution in [-0.2, 0) is 17.8 Å². The summed E-state index contributed by atoms with van der Waals surface area (Å²) < 4.78 is 9.73. The van der Waals surface area contributed by atoms with E-state index >= 15 is 0 Å². The first-order valence-electron chi connectivity index (χ1n) is 11.8. The number of carbonyl (C=O) groups is 2. The lowest BCUT2D eigenvalue weighted by atomic mass is 9.94. The van der Waals surface area contributed by atoms with Crippen LogP contribution in [0.25, 0.3) is 16.0 Å². The topological polar surface area (TPSA) is 95.6 Å². The molecule has 38 heavy (non-hydrogen) atoms. The van der Waals surface area contributed by atoms with E-state index in [1.165, 1.54) is 23.1 Å². The summed E-state index contributed by atoms with van der Waals surface area (Å²) in [6.07, 6.45) is 0.537. The largest absolute Gasteiger partial charge is 0.370 e. The fraction of sp³-hybridized carbons (Fsp3) is 0.222. The minimum Gasteiger partial charge on any atom is -0.370 e. The first kappa shape index (κ1) is 25.2. The lowest BCUT2D eigenvalue weighted by Crippen LogP contribution is -2.33. The van der Waals surface area contributed by atoms with Gasteiger partial charge >= 0.3 is 0 Å². The molecule has 0 amide bonds. The Bertz CT molecular complexity index is 1790. The zero-order chi connectivity index (χ0) is 26.6. The van der Waals surface area contributed by atoms with Crippen molar-refractivity contribution in [2.24, 2.45) is 0 Å². The Balaban J connectivity index is 1.52. The van der Waals surface area contributed by atoms with E-state index < -0.39 is 17.1 Å². The predicted octanol–water partition coefficient (Wildman–Crippen LogP) is 5.38. The molecule has 0 fully saturated rings. The van der Waals surface area contributed by atoms with E-state index in [4.69, 9.17) is 4.74 Å². The molecule has 1 aliphatic rings. The predicted molar refractivity (Wildman–Crippen MR) is 151 cm³/mol. The number of hydrogen-bond acceptors (Lipinski definition) is 8. The molecular formula is C27H21BrN4O4S2. The molecular weight excluding hydrogens is 588 g/mol. The molecule has 0 radical (unpaired) electrons. The Hall–Kier alpha value is -3.12. The molecule has 0 bridgehead atoms. The van der Waals surface area contributed by atoms with Gasteiger partial charge in [-0.3, -0.25) is 14.4 Å². The second kappa shape index (κ2) is 9.57. The standard InChI is InChI=1S/C27H21BrN4O4S2/c1-27(2)12-18-20(13-36-27)38-24-21(18)23(35)31(22(34)16-6-4-3-5-7-16)25-29-30-26(32(24)25)37-14-19(33)15-8-10-17(28)11-9-15/h3-11H,12-14H2,1-2H3. The molecule has 0 unspecified atom stereocenters. The third-order valence-corrected chi connectivity index (χ3v) is 9.08. The fourth-order valence-electron chi connectivity index (χ4n) is 4.54. The van der Waals surface area contributed by atoms with Gasteiger partial charge < -0.3 is 4.74 Å². The van der Waals surface area contributed by atoms with Crippen LogP contribution in [0, 0.1) is 0 Å². The maximum absolute atomic E-state index is 14.0. The number of halogens is 1. The van der Waals surface area contributed by atoms with Crippen LogP contribution in [0.4, 0.5) is 0 Å². The molecule has 0 saturated carbocycles. The molecule has 0 saturated heterocycles. The van der Waals surface area contributed by atoms with E-state index in [2.05, 4.69) is 26.1 Å². The molecule has 4 heterocycles. The number of thioether (sulfide) groups is 1. The van der Waals surface area contributed by atoms with E-state index in [0.717, 1.165) is 19.5 Å². The van der Waals surface area contributed by atoms with E-state index in [-0.39, 0.29) is 17.3 Å². The average molecular weight is 610 g/mol. The number of carbonyl (C=O) groups excluding carboxylic acids is 2. The van der Waals surface area contributed by atoms with E-state index in [9.17, 15) is 14.4 Å². The SMILES string of the molecule is CC1(C)Cc2c(sc3c2c(=O)n(C(=O)c2ccccc2)c2nnc(SCC(=O)c4ccc(Br)cc4)n32)CO1. The minimum atomic E-state index is -0.483. The fourth-order valence-corrected chi connectivity index (χ4v) is 6.91. The highest BCUT2D eigenvalue weighted by Crippen LogP contribution is 2.38. The maximum atomic E-state index is 14.0. The van der Waals surface area contributed by atoms with Gasteiger partial charge in [-0.05, 0) is 43.7 Å². The van der Waals surface area contributed by atoms with Crippen molar-refractivity contribution in [2.75, 3.05) is 5.75 Å². The van der Waals surface area contributed by atoms with Gasteiger partial charge in [0, 0.05) is 26.9 Å². The van der Waals surface area contributed by atoms with Gasteiger partial charge in [0.05, 0.1) is 23.3 Å². The quantitative estimate of drug-likeness (QED) is 0.195. The zero-order valence-electron chi connectivity index (χ0n) is 20.4. The molecule has 192 valence electrons. The molecule has 3 aromatic heterocycles. The lowest BCUT2D eigenvalue weighted by Gasteiger charge is -2.29. The average Bonchev–Trinajstić information content (AvgIpc) is 3.49. The first-order valence-corrected chi connectivity index (χ1v) is 14.4. The van der Waals surface area contributed by atoms with Gasteiger partial charge in [0.25, 0.3) is 11.5 Å². The van der Waals surface area contributed by atoms with Gasteiger partial charge in [-0.15, -0.1) is 21.5 Å². The molecule has 0 N–H and O–H groups in total. The summed E-state index contributed by atoms with van der Waals surface area (Å²) in [7, 11) is 0. The van der Waals surface area contributed by atoms with Crippen LogP contribution in [0.1, 0.15) is 45.0 Å². The Kier molecular flexibility index (Phi) is 6.34. The molecule has 0 atom stereocenters. The number of Topliss-reactive ketones (excluding diaryl/α,β-unsaturated/α-hetero) is 1. The van der Waals surface area contributed by atoms with Crippen LogP contribution in [0.3, 0.4) is 0 Å². The number of thiophene rings is 1. The maximum Gasteiger partial charge on any atom is 0.271 e. The summed E-state index contributed by atoms with van der Waals surface area (Å²) in [4.78, 5) is 42.0. The molecule has 5 aromatic rings. The number of hydrogen-bond donors (Lipinski definition) is 0.